The molecule has 5 aromatic carbocycles. The highest BCUT2D eigenvalue weighted by molar-refractivity contribution is 6.19. The van der Waals surface area contributed by atoms with Crippen LogP contribution in [-0.2, 0) is 0 Å². The Hall–Kier alpha value is -5.94. The monoisotopic (exact) mass is 580 g/mol. The number of fused-ring (bicyclic) bond motifs is 5. The van der Waals surface area contributed by atoms with E-state index in [1.807, 2.05) is 36.4 Å². The molecule has 45 heavy (non-hydrogen) atoms. The quantitative estimate of drug-likeness (QED) is 0.219. The molecule has 5 nitrogen and oxygen atoms in total. The van der Waals surface area contributed by atoms with Crippen molar-refractivity contribution in [1.29, 1.82) is 0 Å². The molecule has 0 bridgehead atoms. The third-order valence-corrected chi connectivity index (χ3v) is 8.73. The lowest BCUT2D eigenvalue weighted by Crippen LogP contribution is -2.33. The van der Waals surface area contributed by atoms with Crippen molar-refractivity contribution in [2.24, 2.45) is 9.98 Å². The molecule has 5 heteroatoms. The molecule has 9 rings (SSSR count). The number of amidine groups is 2. The average Bonchev–Trinajstić information content (AvgIpc) is 3.48. The van der Waals surface area contributed by atoms with Crippen LogP contribution >= 0.6 is 0 Å². The number of rotatable bonds is 4. The van der Waals surface area contributed by atoms with Crippen molar-refractivity contribution in [3.05, 3.63) is 167 Å². The minimum atomic E-state index is -0.296. The van der Waals surface area contributed by atoms with Gasteiger partial charge in [-0.05, 0) is 57.3 Å². The van der Waals surface area contributed by atoms with Gasteiger partial charge in [0.15, 0.2) is 5.84 Å². The number of anilines is 1. The van der Waals surface area contributed by atoms with Gasteiger partial charge < -0.3 is 15.1 Å². The van der Waals surface area contributed by atoms with Crippen LogP contribution in [0, 0.1) is 0 Å². The Balaban J connectivity index is 1.17. The van der Waals surface area contributed by atoms with Crippen LogP contribution < -0.4 is 10.6 Å². The highest BCUT2D eigenvalue weighted by Crippen LogP contribution is 2.40. The van der Waals surface area contributed by atoms with E-state index in [-0.39, 0.29) is 12.2 Å². The summed E-state index contributed by atoms with van der Waals surface area (Å²) in [6.45, 7) is 0. The van der Waals surface area contributed by atoms with Gasteiger partial charge in [0.1, 0.15) is 17.6 Å². The first-order chi connectivity index (χ1) is 22.3. The Labute approximate surface area is 260 Å². The summed E-state index contributed by atoms with van der Waals surface area (Å²) in [4.78, 5) is 10.3. The average molecular weight is 581 g/mol. The molecule has 214 valence electrons. The van der Waals surface area contributed by atoms with Crippen LogP contribution in [0.3, 0.4) is 0 Å². The van der Waals surface area contributed by atoms with E-state index >= 15 is 0 Å². The van der Waals surface area contributed by atoms with E-state index in [0.717, 1.165) is 50.3 Å². The summed E-state index contributed by atoms with van der Waals surface area (Å²) in [5.41, 5.74) is 8.49. The van der Waals surface area contributed by atoms with Crippen LogP contribution in [0.5, 0.6) is 0 Å². The summed E-state index contributed by atoms with van der Waals surface area (Å²) in [6, 6.07) is 40.2. The van der Waals surface area contributed by atoms with Crippen molar-refractivity contribution >= 4 is 45.4 Å². The molecule has 2 unspecified atom stereocenters. The standard InChI is InChI=1S/C40H28N4O/c1-3-10-25(11-4-1)27-18-19-29-23-31(21-20-28(29)22-27)38-42-37(26-12-5-2-6-13-26)43-39(44-38)32-15-9-17-35-36(32)33-24-30-14-7-8-16-34(30)41-40(33)45-35/h1-24,34,37,41H,(H,42,43,44). The molecule has 0 radical (unpaired) electrons. The Morgan fingerprint density at radius 2 is 1.44 bits per heavy atom. The van der Waals surface area contributed by atoms with E-state index in [0.29, 0.717) is 5.84 Å². The van der Waals surface area contributed by atoms with Gasteiger partial charge in [-0.25, -0.2) is 9.98 Å². The third kappa shape index (κ3) is 4.48. The normalized spacial score (nSPS) is 18.4. The third-order valence-electron chi connectivity index (χ3n) is 8.73. The largest absolute Gasteiger partial charge is 0.440 e. The van der Waals surface area contributed by atoms with Gasteiger partial charge in [-0.1, -0.05) is 121 Å². The first-order valence-corrected chi connectivity index (χ1v) is 15.2. The molecule has 6 aromatic rings. The second kappa shape index (κ2) is 10.4. The lowest BCUT2D eigenvalue weighted by molar-refractivity contribution is 0.622. The molecule has 1 aromatic heterocycles. The van der Waals surface area contributed by atoms with Gasteiger partial charge in [-0.15, -0.1) is 0 Å². The maximum Gasteiger partial charge on any atom is 0.202 e. The molecule has 3 heterocycles. The van der Waals surface area contributed by atoms with Crippen molar-refractivity contribution in [3.8, 4) is 11.1 Å². The summed E-state index contributed by atoms with van der Waals surface area (Å²) in [5.74, 6) is 2.24. The summed E-state index contributed by atoms with van der Waals surface area (Å²) in [7, 11) is 0. The number of hydrogen-bond acceptors (Lipinski definition) is 5. The zero-order valence-corrected chi connectivity index (χ0v) is 24.3. The predicted molar refractivity (Wildman–Crippen MR) is 185 cm³/mol. The number of nitrogens with one attached hydrogen (secondary N) is 2. The van der Waals surface area contributed by atoms with Crippen LogP contribution in [0.25, 0.3) is 38.9 Å². The number of hydrogen-bond donors (Lipinski definition) is 2. The van der Waals surface area contributed by atoms with Gasteiger partial charge in [-0.2, -0.15) is 0 Å². The molecule has 2 N–H and O–H groups in total. The predicted octanol–water partition coefficient (Wildman–Crippen LogP) is 9.05. The summed E-state index contributed by atoms with van der Waals surface area (Å²) < 4.78 is 6.36. The van der Waals surface area contributed by atoms with E-state index in [2.05, 4.69) is 120 Å². The molecule has 2 atom stereocenters. The second-order valence-corrected chi connectivity index (χ2v) is 11.5. The second-order valence-electron chi connectivity index (χ2n) is 11.5. The zero-order valence-electron chi connectivity index (χ0n) is 24.3. The van der Waals surface area contributed by atoms with Crippen molar-refractivity contribution in [2.75, 3.05) is 5.32 Å². The fourth-order valence-corrected chi connectivity index (χ4v) is 6.47. The van der Waals surface area contributed by atoms with Gasteiger partial charge in [0.25, 0.3) is 0 Å². The molecule has 2 aliphatic heterocycles. The lowest BCUT2D eigenvalue weighted by Gasteiger charge is -2.25. The SMILES string of the molecule is C1=CC2=Cc3c(oc4cccc(C5=NC(c6ccc7cc(-c8ccccc8)ccc7c6)=NC(c6ccccc6)N5)c34)NC2C=C1. The molecule has 1 aliphatic carbocycles. The van der Waals surface area contributed by atoms with Crippen molar-refractivity contribution in [3.63, 3.8) is 0 Å². The maximum absolute atomic E-state index is 6.36. The van der Waals surface area contributed by atoms with Gasteiger partial charge >= 0.3 is 0 Å². The molecule has 0 saturated heterocycles. The molecular formula is C40H28N4O. The Bertz CT molecular complexity index is 2270. The Morgan fingerprint density at radius 3 is 2.29 bits per heavy atom. The number of nitrogens with zero attached hydrogens (tertiary/aromatic N) is 2. The topological polar surface area (TPSA) is 61.9 Å². The fourth-order valence-electron chi connectivity index (χ4n) is 6.47. The zero-order chi connectivity index (χ0) is 29.7. The van der Waals surface area contributed by atoms with Gasteiger partial charge in [0.2, 0.25) is 5.88 Å². The molecule has 0 amide bonds. The number of allylic oxidation sites excluding steroid dienone is 2. The van der Waals surface area contributed by atoms with Gasteiger partial charge in [-0.3, -0.25) is 0 Å². The van der Waals surface area contributed by atoms with Crippen LogP contribution in [0.4, 0.5) is 5.88 Å². The Morgan fingerprint density at radius 1 is 0.667 bits per heavy atom. The fraction of sp³-hybridized carbons (Fsp3) is 0.0500. The number of furan rings is 1. The van der Waals surface area contributed by atoms with Crippen LogP contribution in [0.2, 0.25) is 0 Å². The van der Waals surface area contributed by atoms with E-state index in [9.17, 15) is 0 Å². The number of benzene rings is 5. The molecule has 0 saturated carbocycles. The van der Waals surface area contributed by atoms with E-state index in [4.69, 9.17) is 14.4 Å². The highest BCUT2D eigenvalue weighted by Gasteiger charge is 2.28. The molecule has 0 spiro atoms. The Kier molecular flexibility index (Phi) is 5.88. The van der Waals surface area contributed by atoms with Gasteiger partial charge in [0, 0.05) is 22.1 Å². The van der Waals surface area contributed by atoms with Gasteiger partial charge in [0.05, 0.1) is 6.04 Å². The molecular weight excluding hydrogens is 552 g/mol. The van der Waals surface area contributed by atoms with Crippen molar-refractivity contribution < 1.29 is 4.42 Å². The van der Waals surface area contributed by atoms with E-state index in [1.165, 1.54) is 22.1 Å². The summed E-state index contributed by atoms with van der Waals surface area (Å²) in [5, 5.41) is 10.6. The minimum absolute atomic E-state index is 0.106. The summed E-state index contributed by atoms with van der Waals surface area (Å²) >= 11 is 0. The molecule has 0 fully saturated rings. The van der Waals surface area contributed by atoms with Crippen molar-refractivity contribution in [1.82, 2.24) is 5.32 Å². The summed E-state index contributed by atoms with van der Waals surface area (Å²) in [6.07, 6.45) is 10.4. The maximum atomic E-state index is 6.36. The van der Waals surface area contributed by atoms with Crippen LogP contribution in [0.15, 0.2) is 160 Å². The van der Waals surface area contributed by atoms with E-state index < -0.39 is 0 Å². The number of aliphatic imine (C=N–C) groups is 2. The first kappa shape index (κ1) is 25.5. The lowest BCUT2D eigenvalue weighted by atomic mass is 9.94. The van der Waals surface area contributed by atoms with Crippen molar-refractivity contribution in [2.45, 2.75) is 12.2 Å². The first-order valence-electron chi connectivity index (χ1n) is 15.2. The van der Waals surface area contributed by atoms with Crippen LogP contribution in [-0.4, -0.2) is 17.7 Å². The van der Waals surface area contributed by atoms with Crippen LogP contribution in [0.1, 0.15) is 28.4 Å². The van der Waals surface area contributed by atoms with E-state index in [1.54, 1.807) is 0 Å². The smallest absolute Gasteiger partial charge is 0.202 e. The minimum Gasteiger partial charge on any atom is -0.440 e. The molecule has 3 aliphatic rings. The highest BCUT2D eigenvalue weighted by atomic mass is 16.4.